The summed E-state index contributed by atoms with van der Waals surface area (Å²) in [5, 5.41) is 4.30. The zero-order valence-corrected chi connectivity index (χ0v) is 21.3. The molecule has 1 aromatic heterocycles. The van der Waals surface area contributed by atoms with Crippen LogP contribution in [0, 0.1) is 0 Å². The maximum Gasteiger partial charge on any atom is 0.136 e. The number of fused-ring (bicyclic) bond motifs is 8. The second kappa shape index (κ2) is 8.55. The van der Waals surface area contributed by atoms with Crippen LogP contribution >= 0.6 is 0 Å². The van der Waals surface area contributed by atoms with Gasteiger partial charge in [0.2, 0.25) is 0 Å². The number of rotatable bonds is 2. The Kier molecular flexibility index (Phi) is 2.77. The second-order valence-electron chi connectivity index (χ2n) is 9.86. The molecule has 0 radical (unpaired) electrons. The Labute approximate surface area is 255 Å². The number of hydrogen-bond donors (Lipinski definition) is 0. The van der Waals surface area contributed by atoms with Crippen LogP contribution in [0.25, 0.3) is 87.3 Å². The Hall–Kier alpha value is -5.40. The number of hydrogen-bond acceptors (Lipinski definition) is 1. The van der Waals surface area contributed by atoms with Gasteiger partial charge in [-0.25, -0.2) is 0 Å². The van der Waals surface area contributed by atoms with Crippen molar-refractivity contribution in [1.82, 2.24) is 0 Å². The van der Waals surface area contributed by atoms with Gasteiger partial charge in [-0.05, 0) is 95.6 Å². The molecule has 190 valence electrons. The summed E-state index contributed by atoms with van der Waals surface area (Å²) >= 11 is 0. The second-order valence-corrected chi connectivity index (χ2v) is 9.86. The molecular weight excluding hydrogens is 496 g/mol. The molecule has 41 heavy (non-hydrogen) atoms. The lowest BCUT2D eigenvalue weighted by atomic mass is 9.86. The lowest BCUT2D eigenvalue weighted by molar-refractivity contribution is 0.669. The zero-order valence-electron chi connectivity index (χ0n) is 34.3. The first kappa shape index (κ1) is 13.3. The molecule has 0 N–H and O–H groups in total. The van der Waals surface area contributed by atoms with Crippen LogP contribution in [0.2, 0.25) is 0 Å². The van der Waals surface area contributed by atoms with Crippen molar-refractivity contribution in [3.05, 3.63) is 145 Å². The lowest BCUT2D eigenvalue weighted by Gasteiger charge is -2.16. The third kappa shape index (κ3) is 3.36. The van der Waals surface area contributed by atoms with E-state index in [1.54, 1.807) is 0 Å². The SMILES string of the molecule is [2H]c1c([2H])c([2H])c(-c2c([2H])c(-c3c4ccccc4cc4c3ccc3ccccc34)c3c(oc4c([2H])c5c([2H])c([2H])c([2H])c([2H])c5c([2H])c43)c2[2H])c([2H])c1[2H]. The topological polar surface area (TPSA) is 13.1 Å². The predicted molar refractivity (Wildman–Crippen MR) is 175 cm³/mol. The van der Waals surface area contributed by atoms with E-state index in [9.17, 15) is 5.48 Å². The van der Waals surface area contributed by atoms with E-state index in [-0.39, 0.29) is 49.9 Å². The lowest BCUT2D eigenvalue weighted by Crippen LogP contribution is -1.89. The molecule has 1 heteroatoms. The summed E-state index contributed by atoms with van der Waals surface area (Å²) in [6.45, 7) is 0. The maximum absolute atomic E-state index is 9.96. The largest absolute Gasteiger partial charge is 0.456 e. The van der Waals surface area contributed by atoms with Gasteiger partial charge in [0.05, 0.1) is 17.8 Å². The fourth-order valence-electron chi connectivity index (χ4n) is 5.81. The fraction of sp³-hybridized carbons (Fsp3) is 0. The van der Waals surface area contributed by atoms with E-state index in [1.807, 2.05) is 66.7 Å². The molecule has 0 atom stereocenters. The molecule has 0 unspecified atom stereocenters. The molecule has 0 fully saturated rings. The standard InChI is InChI=1S/C40H24O/c1-2-10-25(11-3-1)30-22-36(40-35-20-27-13-4-5-14-28(27)23-37(35)41-38(40)24-30)39-32-17-9-7-15-29(32)21-34-31-16-8-6-12-26(31)18-19-33(34)39/h1-24H/i1D,2D,3D,4D,5D,10D,11D,13D,14D,20D,22D,23D,24D. The molecule has 0 bridgehead atoms. The molecular formula is C40H24O. The van der Waals surface area contributed by atoms with Gasteiger partial charge in [-0.1, -0.05) is 115 Å². The zero-order chi connectivity index (χ0) is 38.2. The summed E-state index contributed by atoms with van der Waals surface area (Å²) in [5.41, 5.74) is -0.631. The van der Waals surface area contributed by atoms with E-state index in [2.05, 4.69) is 0 Å². The van der Waals surface area contributed by atoms with E-state index >= 15 is 0 Å². The van der Waals surface area contributed by atoms with Crippen molar-refractivity contribution >= 4 is 65.0 Å². The highest BCUT2D eigenvalue weighted by Crippen LogP contribution is 2.46. The van der Waals surface area contributed by atoms with E-state index in [0.29, 0.717) is 16.3 Å². The molecule has 1 nitrogen and oxygen atoms in total. The van der Waals surface area contributed by atoms with Gasteiger partial charge in [-0.3, -0.25) is 0 Å². The van der Waals surface area contributed by atoms with E-state index < -0.39 is 78.1 Å². The quantitative estimate of drug-likeness (QED) is 0.159. The van der Waals surface area contributed by atoms with Crippen molar-refractivity contribution in [1.29, 1.82) is 0 Å². The molecule has 0 saturated carbocycles. The molecule has 0 aliphatic carbocycles. The minimum atomic E-state index is -0.658. The maximum atomic E-state index is 9.96. The van der Waals surface area contributed by atoms with Gasteiger partial charge in [0.25, 0.3) is 0 Å². The van der Waals surface area contributed by atoms with Crippen LogP contribution in [0.5, 0.6) is 0 Å². The van der Waals surface area contributed by atoms with Gasteiger partial charge >= 0.3 is 0 Å². The molecule has 0 aliphatic rings. The highest BCUT2D eigenvalue weighted by molar-refractivity contribution is 6.25. The van der Waals surface area contributed by atoms with Crippen LogP contribution in [-0.2, 0) is 0 Å². The van der Waals surface area contributed by atoms with Crippen LogP contribution in [0.4, 0.5) is 0 Å². The smallest absolute Gasteiger partial charge is 0.136 e. The molecule has 9 aromatic rings. The van der Waals surface area contributed by atoms with Crippen LogP contribution in [-0.4, -0.2) is 0 Å². The molecule has 0 saturated heterocycles. The van der Waals surface area contributed by atoms with Gasteiger partial charge in [0, 0.05) is 10.8 Å². The Bertz CT molecular complexity index is 3170. The van der Waals surface area contributed by atoms with E-state index in [4.69, 9.17) is 16.8 Å². The van der Waals surface area contributed by atoms with Gasteiger partial charge in [0.15, 0.2) is 0 Å². The first-order chi connectivity index (χ1) is 25.8. The fourth-order valence-corrected chi connectivity index (χ4v) is 5.81. The van der Waals surface area contributed by atoms with Crippen molar-refractivity contribution in [2.45, 2.75) is 0 Å². The summed E-state index contributed by atoms with van der Waals surface area (Å²) in [5.74, 6) is 0. The van der Waals surface area contributed by atoms with Crippen LogP contribution in [0.1, 0.15) is 17.8 Å². The summed E-state index contributed by atoms with van der Waals surface area (Å²) in [4.78, 5) is 0. The molecule has 0 aliphatic heterocycles. The molecule has 1 heterocycles. The van der Waals surface area contributed by atoms with Gasteiger partial charge in [-0.15, -0.1) is 0 Å². The summed E-state index contributed by atoms with van der Waals surface area (Å²) in [6.07, 6.45) is 0. The summed E-state index contributed by atoms with van der Waals surface area (Å²) in [6, 6.07) is 13.9. The summed E-state index contributed by atoms with van der Waals surface area (Å²) in [7, 11) is 0. The predicted octanol–water partition coefficient (Wildman–Crippen LogP) is 11.5. The first-order valence-electron chi connectivity index (χ1n) is 19.6. The van der Waals surface area contributed by atoms with Gasteiger partial charge in [-0.2, -0.15) is 0 Å². The Morgan fingerprint density at radius 3 is 2.05 bits per heavy atom. The van der Waals surface area contributed by atoms with E-state index in [1.165, 1.54) is 0 Å². The van der Waals surface area contributed by atoms with E-state index in [0.717, 1.165) is 21.5 Å². The Morgan fingerprint density at radius 1 is 0.463 bits per heavy atom. The van der Waals surface area contributed by atoms with Crippen molar-refractivity contribution in [2.24, 2.45) is 0 Å². The van der Waals surface area contributed by atoms with Gasteiger partial charge < -0.3 is 4.42 Å². The average molecular weight is 534 g/mol. The monoisotopic (exact) mass is 533 g/mol. The third-order valence-electron chi connectivity index (χ3n) is 7.59. The first-order valence-corrected chi connectivity index (χ1v) is 13.1. The minimum absolute atomic E-state index is 0.0507. The van der Waals surface area contributed by atoms with Crippen molar-refractivity contribution < 1.29 is 22.2 Å². The molecule has 0 amide bonds. The van der Waals surface area contributed by atoms with Crippen molar-refractivity contribution in [3.8, 4) is 22.3 Å². The Morgan fingerprint density at radius 2 is 1.20 bits per heavy atom. The minimum Gasteiger partial charge on any atom is -0.456 e. The number of furan rings is 1. The Balaban J connectivity index is 1.62. The highest BCUT2D eigenvalue weighted by atomic mass is 16.3. The van der Waals surface area contributed by atoms with Gasteiger partial charge in [0.1, 0.15) is 11.2 Å². The third-order valence-corrected chi connectivity index (χ3v) is 7.59. The van der Waals surface area contributed by atoms with Crippen molar-refractivity contribution in [2.75, 3.05) is 0 Å². The molecule has 9 rings (SSSR count). The molecule has 0 spiro atoms. The molecule has 8 aromatic carbocycles. The van der Waals surface area contributed by atoms with Crippen LogP contribution in [0.3, 0.4) is 0 Å². The van der Waals surface area contributed by atoms with Crippen molar-refractivity contribution in [3.63, 3.8) is 0 Å². The number of benzene rings is 8. The normalized spacial score (nSPS) is 16.3. The average Bonchev–Trinajstić information content (AvgIpc) is 3.58. The van der Waals surface area contributed by atoms with Crippen LogP contribution < -0.4 is 0 Å². The summed E-state index contributed by atoms with van der Waals surface area (Å²) < 4.78 is 121. The highest BCUT2D eigenvalue weighted by Gasteiger charge is 2.20. The van der Waals surface area contributed by atoms with Crippen LogP contribution in [0.15, 0.2) is 150 Å².